The van der Waals surface area contributed by atoms with Gasteiger partial charge < -0.3 is 10.1 Å². The normalized spacial score (nSPS) is 18.9. The van der Waals surface area contributed by atoms with Crippen LogP contribution in [0, 0.1) is 11.8 Å². The summed E-state index contributed by atoms with van der Waals surface area (Å²) in [6.45, 7) is 0. The molecule has 2 aliphatic carbocycles. The molecule has 3 nitrogen and oxygen atoms in total. The van der Waals surface area contributed by atoms with E-state index in [2.05, 4.69) is 47.5 Å². The molecule has 0 spiro atoms. The van der Waals surface area contributed by atoms with Crippen molar-refractivity contribution in [3.63, 3.8) is 0 Å². The highest BCUT2D eigenvalue weighted by molar-refractivity contribution is 5.99. The second-order valence-corrected chi connectivity index (χ2v) is 8.43. The summed E-state index contributed by atoms with van der Waals surface area (Å²) in [6, 6.07) is 13.5. The number of nitrogens with zero attached hydrogens (tertiary/aromatic N) is 1. The Bertz CT molecular complexity index is 909. The first-order valence-corrected chi connectivity index (χ1v) is 11.2. The van der Waals surface area contributed by atoms with E-state index in [1.165, 1.54) is 75.0 Å². The van der Waals surface area contributed by atoms with Crippen LogP contribution < -0.4 is 10.1 Å². The Kier molecular flexibility index (Phi) is 6.72. The summed E-state index contributed by atoms with van der Waals surface area (Å²) in [6.07, 6.45) is 12.8. The van der Waals surface area contributed by atoms with Gasteiger partial charge in [0.05, 0.1) is 13.2 Å². The summed E-state index contributed by atoms with van der Waals surface area (Å²) in [5, 5.41) is 6.04. The van der Waals surface area contributed by atoms with E-state index in [4.69, 9.17) is 9.73 Å². The fraction of sp³-hybridized carbons (Fsp3) is 0.500. The van der Waals surface area contributed by atoms with Gasteiger partial charge in [0.1, 0.15) is 5.75 Å². The van der Waals surface area contributed by atoms with Crippen LogP contribution in [0.25, 0.3) is 10.8 Å². The summed E-state index contributed by atoms with van der Waals surface area (Å²) < 4.78 is 5.32. The van der Waals surface area contributed by atoms with Gasteiger partial charge in [-0.3, -0.25) is 4.99 Å². The van der Waals surface area contributed by atoms with Crippen molar-refractivity contribution in [2.24, 2.45) is 4.99 Å². The molecule has 29 heavy (non-hydrogen) atoms. The van der Waals surface area contributed by atoms with Gasteiger partial charge in [-0.2, -0.15) is 0 Å². The third-order valence-electron chi connectivity index (χ3n) is 6.21. The Labute approximate surface area is 174 Å². The molecule has 0 saturated heterocycles. The molecule has 0 amide bonds. The Morgan fingerprint density at radius 3 is 2.34 bits per heavy atom. The Morgan fingerprint density at radius 1 is 0.897 bits per heavy atom. The highest BCUT2D eigenvalue weighted by Gasteiger charge is 2.16. The lowest BCUT2D eigenvalue weighted by Crippen LogP contribution is -2.36. The maximum Gasteiger partial charge on any atom is 0.174 e. The number of nitrogens with one attached hydrogen (secondary N) is 1. The Hall–Kier alpha value is -2.47. The van der Waals surface area contributed by atoms with Gasteiger partial charge in [-0.1, -0.05) is 56.6 Å². The third kappa shape index (κ3) is 5.54. The first-order valence-electron chi connectivity index (χ1n) is 11.2. The molecule has 0 heterocycles. The van der Waals surface area contributed by atoms with Gasteiger partial charge in [0.15, 0.2) is 5.84 Å². The van der Waals surface area contributed by atoms with E-state index in [1.807, 2.05) is 6.07 Å². The van der Waals surface area contributed by atoms with Crippen molar-refractivity contribution in [3.05, 3.63) is 42.0 Å². The predicted octanol–water partition coefficient (Wildman–Crippen LogP) is 5.85. The number of aliphatic imine (C=N–C) groups is 1. The maximum atomic E-state index is 5.32. The fourth-order valence-corrected chi connectivity index (χ4v) is 4.50. The van der Waals surface area contributed by atoms with Crippen molar-refractivity contribution in [1.82, 2.24) is 5.32 Å². The molecule has 4 rings (SSSR count). The number of benzene rings is 2. The van der Waals surface area contributed by atoms with Gasteiger partial charge in [-0.15, -0.1) is 0 Å². The van der Waals surface area contributed by atoms with Gasteiger partial charge in [0.2, 0.25) is 0 Å². The molecule has 0 radical (unpaired) electrons. The number of rotatable bonds is 3. The van der Waals surface area contributed by atoms with E-state index in [9.17, 15) is 0 Å². The lowest BCUT2D eigenvalue weighted by Gasteiger charge is -2.24. The van der Waals surface area contributed by atoms with E-state index < -0.39 is 0 Å². The molecule has 0 aliphatic heterocycles. The zero-order chi connectivity index (χ0) is 19.9. The first-order chi connectivity index (χ1) is 14.3. The molecular weight excluding hydrogens is 356 g/mol. The van der Waals surface area contributed by atoms with E-state index >= 15 is 0 Å². The second kappa shape index (κ2) is 9.83. The number of amidine groups is 1. The van der Waals surface area contributed by atoms with Gasteiger partial charge >= 0.3 is 0 Å². The molecule has 3 heteroatoms. The van der Waals surface area contributed by atoms with Crippen LogP contribution in [0.15, 0.2) is 41.4 Å². The van der Waals surface area contributed by atoms with Crippen LogP contribution in [-0.2, 0) is 0 Å². The highest BCUT2D eigenvalue weighted by atomic mass is 16.5. The van der Waals surface area contributed by atoms with Crippen LogP contribution >= 0.6 is 0 Å². The topological polar surface area (TPSA) is 33.6 Å². The first kappa shape index (κ1) is 19.8. The summed E-state index contributed by atoms with van der Waals surface area (Å²) in [5.74, 6) is 8.54. The maximum absolute atomic E-state index is 5.32. The standard InChI is InChI=1S/C26H32N2O/c1-29-25-16-15-21-18-20(12-14-22(21)19-25)13-17-26(27-23-8-4-2-5-9-23)28-24-10-6-3-7-11-24/h12,14-16,18-19,23-24H,2-11H2,1H3,(H,27,28). The molecule has 2 fully saturated rings. The van der Waals surface area contributed by atoms with Gasteiger partial charge in [-0.25, -0.2) is 0 Å². The van der Waals surface area contributed by atoms with Crippen molar-refractivity contribution in [1.29, 1.82) is 0 Å². The Morgan fingerprint density at radius 2 is 1.59 bits per heavy atom. The molecule has 0 unspecified atom stereocenters. The molecule has 2 aliphatic rings. The zero-order valence-corrected chi connectivity index (χ0v) is 17.5. The molecule has 0 atom stereocenters. The lowest BCUT2D eigenvalue weighted by molar-refractivity contribution is 0.409. The number of fused-ring (bicyclic) bond motifs is 1. The van der Waals surface area contributed by atoms with Crippen LogP contribution in [0.4, 0.5) is 0 Å². The minimum atomic E-state index is 0.438. The van der Waals surface area contributed by atoms with Crippen LogP contribution in [0.1, 0.15) is 69.8 Å². The van der Waals surface area contributed by atoms with E-state index in [0.717, 1.165) is 17.1 Å². The highest BCUT2D eigenvalue weighted by Crippen LogP contribution is 2.23. The predicted molar refractivity (Wildman–Crippen MR) is 122 cm³/mol. The largest absolute Gasteiger partial charge is 0.497 e. The zero-order valence-electron chi connectivity index (χ0n) is 17.5. The van der Waals surface area contributed by atoms with Crippen molar-refractivity contribution < 1.29 is 4.74 Å². The molecule has 0 bridgehead atoms. The second-order valence-electron chi connectivity index (χ2n) is 8.43. The minimum absolute atomic E-state index is 0.438. The molecule has 2 saturated carbocycles. The van der Waals surface area contributed by atoms with Crippen molar-refractivity contribution in [3.8, 4) is 17.6 Å². The van der Waals surface area contributed by atoms with Crippen molar-refractivity contribution in [2.45, 2.75) is 76.3 Å². The quantitative estimate of drug-likeness (QED) is 0.406. The lowest BCUT2D eigenvalue weighted by atomic mass is 9.95. The summed E-state index contributed by atoms with van der Waals surface area (Å²) in [4.78, 5) is 5.05. The monoisotopic (exact) mass is 388 g/mol. The van der Waals surface area contributed by atoms with Gasteiger partial charge in [0.25, 0.3) is 0 Å². The number of ether oxygens (including phenoxy) is 1. The third-order valence-corrected chi connectivity index (χ3v) is 6.21. The molecule has 1 N–H and O–H groups in total. The summed E-state index contributed by atoms with van der Waals surface area (Å²) in [5.41, 5.74) is 1.03. The van der Waals surface area contributed by atoms with Crippen LogP contribution in [-0.4, -0.2) is 25.0 Å². The summed E-state index contributed by atoms with van der Waals surface area (Å²) in [7, 11) is 1.70. The fourth-order valence-electron chi connectivity index (χ4n) is 4.50. The molecule has 0 aromatic heterocycles. The molecule has 152 valence electrons. The van der Waals surface area contributed by atoms with Crippen LogP contribution in [0.3, 0.4) is 0 Å². The molecule has 2 aromatic carbocycles. The average molecular weight is 389 g/mol. The van der Waals surface area contributed by atoms with E-state index in [-0.39, 0.29) is 0 Å². The molecule has 2 aromatic rings. The van der Waals surface area contributed by atoms with Crippen molar-refractivity contribution in [2.75, 3.05) is 7.11 Å². The van der Waals surface area contributed by atoms with E-state index in [0.29, 0.717) is 12.1 Å². The molecular formula is C26H32N2O. The van der Waals surface area contributed by atoms with E-state index in [1.54, 1.807) is 7.11 Å². The number of hydrogen-bond donors (Lipinski definition) is 1. The average Bonchev–Trinajstić information content (AvgIpc) is 2.78. The van der Waals surface area contributed by atoms with Crippen LogP contribution in [0.2, 0.25) is 0 Å². The van der Waals surface area contributed by atoms with Gasteiger partial charge in [-0.05, 0) is 66.6 Å². The minimum Gasteiger partial charge on any atom is -0.497 e. The smallest absolute Gasteiger partial charge is 0.174 e. The van der Waals surface area contributed by atoms with Crippen molar-refractivity contribution >= 4 is 16.6 Å². The number of methoxy groups -OCH3 is 1. The summed E-state index contributed by atoms with van der Waals surface area (Å²) >= 11 is 0. The Balaban J connectivity index is 1.55. The SMILES string of the molecule is COc1ccc2cc(C#CC(=NC3CCCCC3)NC3CCCCC3)ccc2c1. The van der Waals surface area contributed by atoms with Gasteiger partial charge in [0, 0.05) is 11.6 Å². The van der Waals surface area contributed by atoms with Crippen LogP contribution in [0.5, 0.6) is 5.75 Å². The number of hydrogen-bond acceptors (Lipinski definition) is 2.